The number of amides is 1. The maximum absolute atomic E-state index is 11.9. The van der Waals surface area contributed by atoms with Crippen molar-refractivity contribution in [2.24, 2.45) is 0 Å². The number of hydrogen-bond donors (Lipinski definition) is 2. The van der Waals surface area contributed by atoms with E-state index in [9.17, 15) is 9.59 Å². The number of carbonyl (C=O) groups excluding carboxylic acids is 1. The Balaban J connectivity index is 1.72. The van der Waals surface area contributed by atoms with Gasteiger partial charge in [-0.3, -0.25) is 14.5 Å². The van der Waals surface area contributed by atoms with Crippen molar-refractivity contribution in [1.82, 2.24) is 14.9 Å². The number of morpholine rings is 1. The largest absolute Gasteiger partial charge is 0.491 e. The summed E-state index contributed by atoms with van der Waals surface area (Å²) in [7, 11) is 0. The third-order valence-corrected chi connectivity index (χ3v) is 4.17. The molecule has 1 fully saturated rings. The van der Waals surface area contributed by atoms with E-state index in [0.29, 0.717) is 28.9 Å². The topological polar surface area (TPSA) is 96.5 Å². The molecule has 0 unspecified atom stereocenters. The molecule has 3 rings (SSSR count). The minimum atomic E-state index is -0.372. The number of aromatic amines is 1. The van der Waals surface area contributed by atoms with E-state index in [1.807, 2.05) is 0 Å². The van der Waals surface area contributed by atoms with Gasteiger partial charge in [-0.2, -0.15) is 0 Å². The Hall–Kier alpha value is -2.71. The molecule has 0 saturated carbocycles. The third kappa shape index (κ3) is 4.47. The predicted molar refractivity (Wildman–Crippen MR) is 98.6 cm³/mol. The fourth-order valence-corrected chi connectivity index (χ4v) is 2.79. The van der Waals surface area contributed by atoms with Crippen molar-refractivity contribution in [2.45, 2.75) is 6.42 Å². The van der Waals surface area contributed by atoms with Gasteiger partial charge in [-0.25, -0.2) is 4.98 Å². The second-order valence-corrected chi connectivity index (χ2v) is 5.95. The first-order valence-corrected chi connectivity index (χ1v) is 8.55. The molecule has 1 aromatic heterocycles. The number of benzene rings is 1. The standard InChI is InChI=1S/C18H22N4O4/c1-2-17(23)21-15-10-13-14(19-12-20-18(13)24)11-16(15)26-7-3-4-22-5-8-25-9-6-22/h2,10-12H,1,3-9H2,(H,21,23)(H,19,20,24). The lowest BCUT2D eigenvalue weighted by atomic mass is 10.2. The van der Waals surface area contributed by atoms with Crippen molar-refractivity contribution in [2.75, 3.05) is 44.8 Å². The monoisotopic (exact) mass is 358 g/mol. The molecule has 2 N–H and O–H groups in total. The summed E-state index contributed by atoms with van der Waals surface area (Å²) in [6.45, 7) is 8.26. The van der Waals surface area contributed by atoms with E-state index in [1.54, 1.807) is 12.1 Å². The van der Waals surface area contributed by atoms with Crippen LogP contribution in [0.4, 0.5) is 5.69 Å². The zero-order valence-corrected chi connectivity index (χ0v) is 14.5. The van der Waals surface area contributed by atoms with Crippen LogP contribution in [0.2, 0.25) is 0 Å². The molecule has 0 spiro atoms. The Morgan fingerprint density at radius 2 is 2.23 bits per heavy atom. The lowest BCUT2D eigenvalue weighted by Gasteiger charge is -2.26. The van der Waals surface area contributed by atoms with Crippen molar-refractivity contribution in [3.05, 3.63) is 41.5 Å². The summed E-state index contributed by atoms with van der Waals surface area (Å²) in [6, 6.07) is 3.23. The van der Waals surface area contributed by atoms with Gasteiger partial charge < -0.3 is 19.8 Å². The summed E-state index contributed by atoms with van der Waals surface area (Å²) < 4.78 is 11.2. The van der Waals surface area contributed by atoms with Crippen LogP contribution < -0.4 is 15.6 Å². The fourth-order valence-electron chi connectivity index (χ4n) is 2.79. The van der Waals surface area contributed by atoms with Crippen LogP contribution in [0.15, 0.2) is 35.9 Å². The molecule has 138 valence electrons. The first kappa shape index (κ1) is 18.1. The summed E-state index contributed by atoms with van der Waals surface area (Å²) in [5, 5.41) is 3.06. The molecule has 2 aromatic rings. The van der Waals surface area contributed by atoms with Gasteiger partial charge in [0.25, 0.3) is 5.56 Å². The van der Waals surface area contributed by atoms with Crippen LogP contribution in [0, 0.1) is 0 Å². The molecule has 0 aliphatic carbocycles. The maximum atomic E-state index is 11.9. The molecular formula is C18H22N4O4. The summed E-state index contributed by atoms with van der Waals surface area (Å²) in [5.41, 5.74) is 0.656. The summed E-state index contributed by atoms with van der Waals surface area (Å²) in [5.74, 6) is 0.107. The fraction of sp³-hybridized carbons (Fsp3) is 0.389. The number of hydrogen-bond acceptors (Lipinski definition) is 6. The molecule has 0 bridgehead atoms. The summed E-state index contributed by atoms with van der Waals surface area (Å²) in [4.78, 5) is 32.6. The number of nitrogens with zero attached hydrogens (tertiary/aromatic N) is 2. The molecule has 8 nitrogen and oxygen atoms in total. The highest BCUT2D eigenvalue weighted by atomic mass is 16.5. The zero-order chi connectivity index (χ0) is 18.4. The Labute approximate surface area is 150 Å². The van der Waals surface area contributed by atoms with E-state index in [0.717, 1.165) is 39.3 Å². The SMILES string of the molecule is C=CC(=O)Nc1cc2c(=O)[nH]cnc2cc1OCCCN1CCOCC1. The molecular weight excluding hydrogens is 336 g/mol. The lowest BCUT2D eigenvalue weighted by molar-refractivity contribution is -0.111. The maximum Gasteiger partial charge on any atom is 0.258 e. The molecule has 1 aliphatic rings. The number of ether oxygens (including phenoxy) is 2. The number of rotatable bonds is 7. The van der Waals surface area contributed by atoms with E-state index < -0.39 is 0 Å². The van der Waals surface area contributed by atoms with Crippen LogP contribution in [0.25, 0.3) is 10.9 Å². The third-order valence-electron chi connectivity index (χ3n) is 4.17. The average Bonchev–Trinajstić information content (AvgIpc) is 2.67. The van der Waals surface area contributed by atoms with Gasteiger partial charge >= 0.3 is 0 Å². The van der Waals surface area contributed by atoms with Crippen LogP contribution in [-0.2, 0) is 9.53 Å². The van der Waals surface area contributed by atoms with Gasteiger partial charge in [0.15, 0.2) is 0 Å². The van der Waals surface area contributed by atoms with E-state index in [2.05, 4.69) is 26.8 Å². The van der Waals surface area contributed by atoms with Gasteiger partial charge in [-0.15, -0.1) is 0 Å². The van der Waals surface area contributed by atoms with Crippen LogP contribution in [0.5, 0.6) is 5.75 Å². The van der Waals surface area contributed by atoms with Gasteiger partial charge in [-0.05, 0) is 18.6 Å². The Bertz CT molecular complexity index is 843. The summed E-state index contributed by atoms with van der Waals surface area (Å²) in [6.07, 6.45) is 3.35. The van der Waals surface area contributed by atoms with Gasteiger partial charge in [0, 0.05) is 25.7 Å². The molecule has 1 aromatic carbocycles. The number of anilines is 1. The van der Waals surface area contributed by atoms with Gasteiger partial charge in [0.2, 0.25) is 5.91 Å². The highest BCUT2D eigenvalue weighted by Crippen LogP contribution is 2.28. The molecule has 1 amide bonds. The molecule has 2 heterocycles. The smallest absolute Gasteiger partial charge is 0.258 e. The minimum Gasteiger partial charge on any atom is -0.491 e. The zero-order valence-electron chi connectivity index (χ0n) is 14.5. The minimum absolute atomic E-state index is 0.275. The number of aromatic nitrogens is 2. The predicted octanol–water partition coefficient (Wildman–Crippen LogP) is 1.15. The summed E-state index contributed by atoms with van der Waals surface area (Å²) >= 11 is 0. The van der Waals surface area contributed by atoms with E-state index in [-0.39, 0.29) is 11.5 Å². The van der Waals surface area contributed by atoms with Crippen LogP contribution in [-0.4, -0.2) is 60.2 Å². The van der Waals surface area contributed by atoms with Crippen molar-refractivity contribution < 1.29 is 14.3 Å². The number of H-pyrrole nitrogens is 1. The van der Waals surface area contributed by atoms with Gasteiger partial charge in [-0.1, -0.05) is 6.58 Å². The van der Waals surface area contributed by atoms with E-state index >= 15 is 0 Å². The average molecular weight is 358 g/mol. The van der Waals surface area contributed by atoms with Gasteiger partial charge in [0.05, 0.1) is 42.7 Å². The van der Waals surface area contributed by atoms with Crippen LogP contribution in [0.1, 0.15) is 6.42 Å². The van der Waals surface area contributed by atoms with E-state index in [1.165, 1.54) is 12.4 Å². The van der Waals surface area contributed by atoms with Crippen LogP contribution in [0.3, 0.4) is 0 Å². The highest BCUT2D eigenvalue weighted by molar-refractivity contribution is 6.01. The quantitative estimate of drug-likeness (QED) is 0.569. The molecule has 26 heavy (non-hydrogen) atoms. The first-order valence-electron chi connectivity index (χ1n) is 8.55. The second-order valence-electron chi connectivity index (χ2n) is 5.95. The molecule has 8 heteroatoms. The van der Waals surface area contributed by atoms with E-state index in [4.69, 9.17) is 9.47 Å². The molecule has 0 radical (unpaired) electrons. The van der Waals surface area contributed by atoms with Crippen molar-refractivity contribution >= 4 is 22.5 Å². The molecule has 1 saturated heterocycles. The molecule has 0 atom stereocenters. The Morgan fingerprint density at radius 1 is 1.42 bits per heavy atom. The molecule has 1 aliphatic heterocycles. The number of nitrogens with one attached hydrogen (secondary N) is 2. The number of carbonyl (C=O) groups is 1. The normalized spacial score (nSPS) is 14.9. The number of fused-ring (bicyclic) bond motifs is 1. The lowest BCUT2D eigenvalue weighted by Crippen LogP contribution is -2.37. The van der Waals surface area contributed by atoms with Crippen molar-refractivity contribution in [3.63, 3.8) is 0 Å². The van der Waals surface area contributed by atoms with Crippen molar-refractivity contribution in [1.29, 1.82) is 0 Å². The second kappa shape index (κ2) is 8.59. The van der Waals surface area contributed by atoms with Crippen LogP contribution >= 0.6 is 0 Å². The van der Waals surface area contributed by atoms with Crippen molar-refractivity contribution in [3.8, 4) is 5.75 Å². The highest BCUT2D eigenvalue weighted by Gasteiger charge is 2.13. The Kier molecular flexibility index (Phi) is 5.98. The van der Waals surface area contributed by atoms with Gasteiger partial charge in [0.1, 0.15) is 5.75 Å². The Morgan fingerprint density at radius 3 is 3.00 bits per heavy atom. The first-order chi connectivity index (χ1) is 12.7.